The molecule has 98 valence electrons. The Kier molecular flexibility index (Phi) is 3.13. The van der Waals surface area contributed by atoms with Crippen LogP contribution < -0.4 is 4.74 Å². The maximum Gasteiger partial charge on any atom is 0.216 e. The molecule has 0 aliphatic heterocycles. The molecule has 4 nitrogen and oxygen atoms in total. The predicted octanol–water partition coefficient (Wildman–Crippen LogP) is 2.87. The molecule has 0 unspecified atom stereocenters. The first-order chi connectivity index (χ1) is 9.78. The molecule has 3 aromatic rings. The highest BCUT2D eigenvalue weighted by Gasteiger charge is 2.12. The van der Waals surface area contributed by atoms with Crippen molar-refractivity contribution in [3.05, 3.63) is 66.1 Å². The van der Waals surface area contributed by atoms with Gasteiger partial charge >= 0.3 is 0 Å². The summed E-state index contributed by atoms with van der Waals surface area (Å²) >= 11 is 0. The summed E-state index contributed by atoms with van der Waals surface area (Å²) in [7, 11) is 1.51. The van der Waals surface area contributed by atoms with E-state index in [1.807, 2.05) is 36.4 Å². The summed E-state index contributed by atoms with van der Waals surface area (Å²) in [6, 6.07) is 15.1. The lowest BCUT2D eigenvalue weighted by Crippen LogP contribution is -2.05. The first kappa shape index (κ1) is 12.3. The van der Waals surface area contributed by atoms with Gasteiger partial charge in [-0.15, -0.1) is 0 Å². The van der Waals surface area contributed by atoms with Crippen molar-refractivity contribution < 1.29 is 9.53 Å². The number of methoxy groups -OCH3 is 1. The highest BCUT2D eigenvalue weighted by atomic mass is 16.5. The molecule has 0 spiro atoms. The topological polar surface area (TPSA) is 52.1 Å². The fraction of sp³-hybridized carbons (Fsp3) is 0.0625. The Bertz CT molecular complexity index is 784. The number of ketones is 1. The molecule has 0 N–H and O–H groups in total. The minimum atomic E-state index is -0.142. The van der Waals surface area contributed by atoms with Gasteiger partial charge in [0.05, 0.1) is 7.11 Å². The van der Waals surface area contributed by atoms with Gasteiger partial charge in [-0.25, -0.2) is 9.97 Å². The van der Waals surface area contributed by atoms with Crippen LogP contribution in [0, 0.1) is 0 Å². The zero-order valence-corrected chi connectivity index (χ0v) is 10.9. The average Bonchev–Trinajstić information content (AvgIpc) is 2.53. The zero-order valence-electron chi connectivity index (χ0n) is 10.9. The van der Waals surface area contributed by atoms with Gasteiger partial charge in [0, 0.05) is 11.6 Å². The van der Waals surface area contributed by atoms with Crippen LogP contribution in [0.4, 0.5) is 0 Å². The number of hydrogen-bond donors (Lipinski definition) is 0. The highest BCUT2D eigenvalue weighted by molar-refractivity contribution is 6.09. The van der Waals surface area contributed by atoms with Crippen molar-refractivity contribution in [3.8, 4) is 5.88 Å². The molecule has 0 bridgehead atoms. The van der Waals surface area contributed by atoms with Crippen molar-refractivity contribution in [2.75, 3.05) is 7.11 Å². The van der Waals surface area contributed by atoms with Crippen molar-refractivity contribution >= 4 is 16.6 Å². The van der Waals surface area contributed by atoms with Crippen LogP contribution in [-0.4, -0.2) is 22.9 Å². The molecule has 0 saturated carbocycles. The molecule has 0 amide bonds. The largest absolute Gasteiger partial charge is 0.481 e. The molecule has 0 aliphatic carbocycles. The number of rotatable bonds is 3. The number of benzene rings is 2. The number of carbonyl (C=O) groups is 1. The Morgan fingerprint density at radius 2 is 1.80 bits per heavy atom. The van der Waals surface area contributed by atoms with E-state index in [-0.39, 0.29) is 5.78 Å². The first-order valence-corrected chi connectivity index (χ1v) is 6.17. The maximum atomic E-state index is 12.4. The summed E-state index contributed by atoms with van der Waals surface area (Å²) in [5.74, 6) is 0.237. The standard InChI is InChI=1S/C16H12N2O2/c1-20-15-9-14(17-10-18-15)16(19)13-7-6-11-4-2-3-5-12(11)8-13/h2-10H,1H3. The molecule has 0 radical (unpaired) electrons. The Hall–Kier alpha value is -2.75. The lowest BCUT2D eigenvalue weighted by Gasteiger charge is -2.04. The van der Waals surface area contributed by atoms with Gasteiger partial charge in [0.25, 0.3) is 0 Å². The van der Waals surface area contributed by atoms with Crippen LogP contribution in [0.25, 0.3) is 10.8 Å². The number of hydrogen-bond acceptors (Lipinski definition) is 4. The summed E-state index contributed by atoms with van der Waals surface area (Å²) in [5.41, 5.74) is 0.927. The molecule has 0 fully saturated rings. The quantitative estimate of drug-likeness (QED) is 0.682. The van der Waals surface area contributed by atoms with Crippen molar-refractivity contribution in [2.45, 2.75) is 0 Å². The van der Waals surface area contributed by atoms with Gasteiger partial charge in [-0.3, -0.25) is 4.79 Å². The molecule has 3 rings (SSSR count). The molecule has 4 heteroatoms. The highest BCUT2D eigenvalue weighted by Crippen LogP contribution is 2.18. The van der Waals surface area contributed by atoms with Crippen LogP contribution in [0.15, 0.2) is 54.9 Å². The van der Waals surface area contributed by atoms with E-state index in [0.717, 1.165) is 10.8 Å². The SMILES string of the molecule is COc1cc(C(=O)c2ccc3ccccc3c2)ncn1. The van der Waals surface area contributed by atoms with Crippen molar-refractivity contribution in [3.63, 3.8) is 0 Å². The third-order valence-corrected chi connectivity index (χ3v) is 3.10. The number of ether oxygens (including phenoxy) is 1. The van der Waals surface area contributed by atoms with Crippen LogP contribution in [0.3, 0.4) is 0 Å². The molecular formula is C16H12N2O2. The third kappa shape index (κ3) is 2.23. The van der Waals surface area contributed by atoms with Crippen LogP contribution in [0.5, 0.6) is 5.88 Å². The van der Waals surface area contributed by atoms with E-state index in [0.29, 0.717) is 17.1 Å². The van der Waals surface area contributed by atoms with Crippen molar-refractivity contribution in [1.29, 1.82) is 0 Å². The fourth-order valence-corrected chi connectivity index (χ4v) is 2.05. The minimum Gasteiger partial charge on any atom is -0.481 e. The van der Waals surface area contributed by atoms with Gasteiger partial charge in [0.2, 0.25) is 11.7 Å². The Morgan fingerprint density at radius 3 is 2.60 bits per heavy atom. The number of carbonyl (C=O) groups excluding carboxylic acids is 1. The van der Waals surface area contributed by atoms with Gasteiger partial charge in [0.1, 0.15) is 12.0 Å². The maximum absolute atomic E-state index is 12.4. The van der Waals surface area contributed by atoms with E-state index in [1.165, 1.54) is 19.5 Å². The monoisotopic (exact) mass is 264 g/mol. The zero-order chi connectivity index (χ0) is 13.9. The van der Waals surface area contributed by atoms with Gasteiger partial charge in [-0.1, -0.05) is 36.4 Å². The summed E-state index contributed by atoms with van der Waals surface area (Å²) in [4.78, 5) is 20.3. The van der Waals surface area contributed by atoms with Gasteiger partial charge in [0.15, 0.2) is 0 Å². The number of aromatic nitrogens is 2. The summed E-state index contributed by atoms with van der Waals surface area (Å²) in [6.07, 6.45) is 1.33. The van der Waals surface area contributed by atoms with Gasteiger partial charge < -0.3 is 4.74 Å². The van der Waals surface area contributed by atoms with E-state index >= 15 is 0 Å². The van der Waals surface area contributed by atoms with Crippen LogP contribution in [0.1, 0.15) is 16.1 Å². The number of fused-ring (bicyclic) bond motifs is 1. The average molecular weight is 264 g/mol. The summed E-state index contributed by atoms with van der Waals surface area (Å²) < 4.78 is 5.01. The molecule has 0 aliphatic rings. The third-order valence-electron chi connectivity index (χ3n) is 3.10. The molecule has 0 saturated heterocycles. The van der Waals surface area contributed by atoms with E-state index in [9.17, 15) is 4.79 Å². The predicted molar refractivity (Wildman–Crippen MR) is 76.0 cm³/mol. The summed E-state index contributed by atoms with van der Waals surface area (Å²) in [6.45, 7) is 0. The van der Waals surface area contributed by atoms with E-state index in [2.05, 4.69) is 9.97 Å². The minimum absolute atomic E-state index is 0.142. The van der Waals surface area contributed by atoms with E-state index < -0.39 is 0 Å². The van der Waals surface area contributed by atoms with Crippen LogP contribution in [0.2, 0.25) is 0 Å². The normalized spacial score (nSPS) is 10.4. The second kappa shape index (κ2) is 5.09. The molecule has 0 atom stereocenters. The van der Waals surface area contributed by atoms with Gasteiger partial charge in [-0.05, 0) is 16.8 Å². The lowest BCUT2D eigenvalue weighted by atomic mass is 10.0. The fourth-order valence-electron chi connectivity index (χ4n) is 2.05. The number of nitrogens with zero attached hydrogens (tertiary/aromatic N) is 2. The Morgan fingerprint density at radius 1 is 1.00 bits per heavy atom. The van der Waals surface area contributed by atoms with Crippen molar-refractivity contribution in [1.82, 2.24) is 9.97 Å². The smallest absolute Gasteiger partial charge is 0.216 e. The molecule has 20 heavy (non-hydrogen) atoms. The molecular weight excluding hydrogens is 252 g/mol. The Labute approximate surface area is 116 Å². The van der Waals surface area contributed by atoms with Crippen LogP contribution >= 0.6 is 0 Å². The first-order valence-electron chi connectivity index (χ1n) is 6.17. The summed E-state index contributed by atoms with van der Waals surface area (Å²) in [5, 5.41) is 2.13. The van der Waals surface area contributed by atoms with Crippen LogP contribution in [-0.2, 0) is 0 Å². The Balaban J connectivity index is 2.03. The molecule has 1 heterocycles. The van der Waals surface area contributed by atoms with E-state index in [4.69, 9.17) is 4.74 Å². The second-order valence-corrected chi connectivity index (χ2v) is 4.34. The van der Waals surface area contributed by atoms with Gasteiger partial charge in [-0.2, -0.15) is 0 Å². The lowest BCUT2D eigenvalue weighted by molar-refractivity contribution is 0.103. The van der Waals surface area contributed by atoms with Crippen molar-refractivity contribution in [2.24, 2.45) is 0 Å². The molecule has 1 aromatic heterocycles. The van der Waals surface area contributed by atoms with E-state index in [1.54, 1.807) is 6.07 Å². The second-order valence-electron chi connectivity index (χ2n) is 4.34. The molecule has 2 aromatic carbocycles.